The molecule has 5 aliphatic rings. The van der Waals surface area contributed by atoms with Crippen molar-refractivity contribution in [2.24, 2.45) is 28.9 Å². The Morgan fingerprint density at radius 2 is 1.76 bits per heavy atom. The lowest BCUT2D eigenvalue weighted by molar-refractivity contribution is -0.169. The minimum atomic E-state index is -1.33. The van der Waals surface area contributed by atoms with Crippen molar-refractivity contribution in [1.82, 2.24) is 16.0 Å². The Kier molecular flexibility index (Phi) is 16.5. The molecule has 0 aromatic heterocycles. The Bertz CT molecular complexity index is 2260. The molecule has 2 bridgehead atoms. The van der Waals surface area contributed by atoms with Crippen LogP contribution in [-0.4, -0.2) is 86.4 Å². The number of fused-ring (bicyclic) bond motifs is 5. The quantitative estimate of drug-likeness (QED) is 0.108. The third-order valence-corrected chi connectivity index (χ3v) is 16.2. The standard InChI is InChI=1S/C56H78N4O7/c1-7-58-46(25-20-33(2)3)34(4)12-8-17-43-47(63)19-11-16-39-31-56(52(65)50(39)43)45-24-23-40(61)29-37-14-9-13-36(28-37)21-22-41(62)32-59-51-49-38(15-10-18-44(49)53(57)60-54(51)66)30-48(64)35(5)42(45)26-27-55(56,6)67/h8-10,12-15,17-18,20,28,39-41,45-47,50-53,58-59,61-63,65,67H,4,7,11,16,19,21-27,29-32,57H2,1-3,5-6H3,(H,60,66). The van der Waals surface area contributed by atoms with Gasteiger partial charge >= 0.3 is 0 Å². The highest BCUT2D eigenvalue weighted by Gasteiger charge is 2.67. The van der Waals surface area contributed by atoms with Crippen LogP contribution in [0, 0.1) is 23.2 Å². The van der Waals surface area contributed by atoms with Gasteiger partial charge < -0.3 is 41.9 Å². The van der Waals surface area contributed by atoms with E-state index in [0.29, 0.717) is 80.1 Å². The highest BCUT2D eigenvalue weighted by Crippen LogP contribution is 2.66. The number of allylic oxidation sites excluding steroid dienone is 5. The van der Waals surface area contributed by atoms with Crippen molar-refractivity contribution in [3.05, 3.63) is 129 Å². The van der Waals surface area contributed by atoms with Gasteiger partial charge in [0.05, 0.1) is 30.0 Å². The Morgan fingerprint density at radius 1 is 1.00 bits per heavy atom. The van der Waals surface area contributed by atoms with Crippen LogP contribution in [0.15, 0.2) is 101 Å². The molecule has 3 saturated carbocycles. The zero-order chi connectivity index (χ0) is 48.2. The zero-order valence-corrected chi connectivity index (χ0v) is 40.6. The summed E-state index contributed by atoms with van der Waals surface area (Å²) in [5, 5.41) is 70.6. The molecule has 1 amide bonds. The third kappa shape index (κ3) is 10.9. The molecule has 11 nitrogen and oxygen atoms in total. The van der Waals surface area contributed by atoms with Gasteiger partial charge in [0.25, 0.3) is 0 Å². The normalized spacial score (nSPS) is 34.2. The lowest BCUT2D eigenvalue weighted by Gasteiger charge is -2.56. The first-order chi connectivity index (χ1) is 31.9. The number of nitrogens with two attached hydrogens (primary N) is 1. The van der Waals surface area contributed by atoms with Gasteiger partial charge in [-0.25, -0.2) is 0 Å². The number of ketones is 1. The van der Waals surface area contributed by atoms with Gasteiger partial charge in [-0.3, -0.25) is 14.9 Å². The highest BCUT2D eigenvalue weighted by molar-refractivity contribution is 5.98. The Hall–Kier alpha value is -4.04. The summed E-state index contributed by atoms with van der Waals surface area (Å²) in [6.07, 6.45) is 10.5. The van der Waals surface area contributed by atoms with Crippen LogP contribution < -0.4 is 21.7 Å². The fourth-order valence-corrected chi connectivity index (χ4v) is 12.7. The predicted octanol–water partition coefficient (Wildman–Crippen LogP) is 6.59. The lowest BCUT2D eigenvalue weighted by Crippen LogP contribution is -2.59. The molecule has 11 heteroatoms. The molecule has 12 atom stereocenters. The van der Waals surface area contributed by atoms with Crippen LogP contribution in [0.2, 0.25) is 0 Å². The summed E-state index contributed by atoms with van der Waals surface area (Å²) >= 11 is 0. The number of carbonyl (C=O) groups is 2. The van der Waals surface area contributed by atoms with E-state index in [4.69, 9.17) is 5.73 Å². The molecule has 7 rings (SSSR count). The van der Waals surface area contributed by atoms with Crippen molar-refractivity contribution in [2.75, 3.05) is 13.1 Å². The van der Waals surface area contributed by atoms with Crippen molar-refractivity contribution >= 4 is 11.7 Å². The second-order valence-electron chi connectivity index (χ2n) is 20.9. The average molecular weight is 919 g/mol. The summed E-state index contributed by atoms with van der Waals surface area (Å²) in [5.74, 6) is -1.38. The van der Waals surface area contributed by atoms with E-state index in [9.17, 15) is 35.1 Å². The van der Waals surface area contributed by atoms with E-state index in [1.165, 1.54) is 5.57 Å². The summed E-state index contributed by atoms with van der Waals surface area (Å²) in [5.41, 5.74) is 12.5. The van der Waals surface area contributed by atoms with Crippen LogP contribution in [0.25, 0.3) is 0 Å². The van der Waals surface area contributed by atoms with Crippen LogP contribution in [0.5, 0.6) is 0 Å². The number of aliphatic hydroxyl groups excluding tert-OH is 4. The van der Waals surface area contributed by atoms with E-state index >= 15 is 0 Å². The molecular weight excluding hydrogens is 841 g/mol. The minimum absolute atomic E-state index is 0.000102. The van der Waals surface area contributed by atoms with Gasteiger partial charge in [-0.05, 0) is 161 Å². The molecule has 12 unspecified atom stereocenters. The number of rotatable bonds is 7. The zero-order valence-electron chi connectivity index (χ0n) is 40.6. The molecule has 1 spiro atoms. The van der Waals surface area contributed by atoms with E-state index < -0.39 is 59.5 Å². The fourth-order valence-electron chi connectivity index (χ4n) is 12.7. The summed E-state index contributed by atoms with van der Waals surface area (Å²) in [6.45, 7) is 15.3. The fraction of sp³-hybridized carbons (Fsp3) is 0.571. The van der Waals surface area contributed by atoms with Gasteiger partial charge in [0.15, 0.2) is 5.78 Å². The van der Waals surface area contributed by atoms with Crippen molar-refractivity contribution < 1.29 is 35.1 Å². The first-order valence-corrected chi connectivity index (χ1v) is 25.1. The number of β-amino-alcohol motifs (C(OH)–C–C–N with tert-alkyl or cyclic N) is 1. The molecule has 2 aromatic carbocycles. The van der Waals surface area contributed by atoms with Crippen molar-refractivity contribution in [2.45, 2.75) is 166 Å². The van der Waals surface area contributed by atoms with Gasteiger partial charge in [-0.2, -0.15) is 0 Å². The minimum Gasteiger partial charge on any atom is -0.393 e. The predicted molar refractivity (Wildman–Crippen MR) is 265 cm³/mol. The molecule has 3 fully saturated rings. The average Bonchev–Trinajstić information content (AvgIpc) is 3.47. The molecule has 364 valence electrons. The maximum absolute atomic E-state index is 14.9. The van der Waals surface area contributed by atoms with E-state index in [0.717, 1.165) is 53.7 Å². The summed E-state index contributed by atoms with van der Waals surface area (Å²) < 4.78 is 0. The van der Waals surface area contributed by atoms with Gasteiger partial charge in [0, 0.05) is 30.3 Å². The van der Waals surface area contributed by atoms with Gasteiger partial charge in [-0.1, -0.05) is 97.8 Å². The highest BCUT2D eigenvalue weighted by atomic mass is 16.3. The molecular formula is C56H78N4O7. The maximum Gasteiger partial charge on any atom is 0.243 e. The van der Waals surface area contributed by atoms with E-state index in [-0.39, 0.29) is 36.6 Å². The van der Waals surface area contributed by atoms with Crippen molar-refractivity contribution in [3.8, 4) is 0 Å². The number of benzene rings is 2. The molecule has 10 N–H and O–H groups in total. The largest absolute Gasteiger partial charge is 0.393 e. The number of hydrogen-bond acceptors (Lipinski definition) is 10. The number of amides is 1. The molecule has 0 saturated heterocycles. The molecule has 2 heterocycles. The number of likely N-dealkylation sites (N-methyl/N-ethyl adjacent to an activating group) is 1. The van der Waals surface area contributed by atoms with Crippen molar-refractivity contribution in [1.29, 1.82) is 0 Å². The molecule has 67 heavy (non-hydrogen) atoms. The number of aliphatic hydroxyl groups is 5. The van der Waals surface area contributed by atoms with Gasteiger partial charge in [0.2, 0.25) is 5.91 Å². The van der Waals surface area contributed by atoms with E-state index in [1.807, 2.05) is 68.5 Å². The Morgan fingerprint density at radius 3 is 2.52 bits per heavy atom. The third-order valence-electron chi connectivity index (χ3n) is 16.2. The first kappa shape index (κ1) is 50.8. The molecule has 2 aromatic rings. The smallest absolute Gasteiger partial charge is 0.243 e. The molecule has 3 aliphatic carbocycles. The van der Waals surface area contributed by atoms with E-state index in [2.05, 4.69) is 55.4 Å². The van der Waals surface area contributed by atoms with Crippen LogP contribution in [-0.2, 0) is 28.9 Å². The number of nitrogens with one attached hydrogen (secondary N) is 3. The number of hydrogen-bond donors (Lipinski definition) is 9. The van der Waals surface area contributed by atoms with Crippen LogP contribution in [0.1, 0.15) is 139 Å². The topological polar surface area (TPSA) is 197 Å². The Balaban J connectivity index is 1.30. The second-order valence-corrected chi connectivity index (χ2v) is 20.9. The SMILES string of the molecule is C=C(C=CC=C1C(O)CCCC2CC3(C4CCC(O)Cc5cccc(c5)CCC(O)CNC5C(=O)NC(N)c6cccc(c65)CC(=O)C(C)=C4CCC3(C)O)C(O)C12)C(CC=C(C)C)NCC. The summed E-state index contributed by atoms with van der Waals surface area (Å²) in [4.78, 5) is 28.5. The van der Waals surface area contributed by atoms with Crippen LogP contribution in [0.4, 0.5) is 0 Å². The molecule has 0 radical (unpaired) electrons. The number of carbonyl (C=O) groups excluding carboxylic acids is 2. The van der Waals surface area contributed by atoms with Crippen LogP contribution >= 0.6 is 0 Å². The molecule has 2 aliphatic heterocycles. The van der Waals surface area contributed by atoms with E-state index in [1.54, 1.807) is 0 Å². The lowest BCUT2D eigenvalue weighted by atomic mass is 9.52. The summed E-state index contributed by atoms with van der Waals surface area (Å²) in [6, 6.07) is 12.9. The van der Waals surface area contributed by atoms with Gasteiger partial charge in [-0.15, -0.1) is 0 Å². The number of Topliss-reactive ketones (excluding diaryl/α,β-unsaturated/α-hetero) is 1. The summed E-state index contributed by atoms with van der Waals surface area (Å²) in [7, 11) is 0. The van der Waals surface area contributed by atoms with Crippen LogP contribution in [0.3, 0.4) is 0 Å². The maximum atomic E-state index is 14.9. The number of aryl methyl sites for hydroxylation is 1. The monoisotopic (exact) mass is 919 g/mol. The Labute approximate surface area is 398 Å². The second kappa shape index (κ2) is 21.7. The van der Waals surface area contributed by atoms with Crippen molar-refractivity contribution in [3.63, 3.8) is 0 Å². The van der Waals surface area contributed by atoms with Gasteiger partial charge in [0.1, 0.15) is 12.2 Å². The first-order valence-electron chi connectivity index (χ1n) is 25.1.